The summed E-state index contributed by atoms with van der Waals surface area (Å²) in [5.74, 6) is 0.454. The van der Waals surface area contributed by atoms with Crippen LogP contribution in [-0.2, 0) is 17.9 Å². The monoisotopic (exact) mass is 374 g/mol. The van der Waals surface area contributed by atoms with Gasteiger partial charge in [0.1, 0.15) is 6.54 Å². The van der Waals surface area contributed by atoms with Gasteiger partial charge in [-0.05, 0) is 25.5 Å². The summed E-state index contributed by atoms with van der Waals surface area (Å²) in [7, 11) is 0. The van der Waals surface area contributed by atoms with Gasteiger partial charge >= 0.3 is 0 Å². The van der Waals surface area contributed by atoms with E-state index in [9.17, 15) is 4.79 Å². The van der Waals surface area contributed by atoms with E-state index in [1.807, 2.05) is 23.0 Å². The fraction of sp³-hybridized carbons (Fsp3) is 0.533. The molecule has 134 valence electrons. The fourth-order valence-corrected chi connectivity index (χ4v) is 2.73. The summed E-state index contributed by atoms with van der Waals surface area (Å²) in [5.41, 5.74) is 1.08. The molecule has 0 radical (unpaired) electrons. The number of imidazole rings is 1. The molecule has 0 saturated carbocycles. The Labute approximate surface area is 154 Å². The van der Waals surface area contributed by atoms with Crippen molar-refractivity contribution < 1.29 is 4.79 Å². The van der Waals surface area contributed by atoms with Crippen LogP contribution in [0.2, 0.25) is 0 Å². The quantitative estimate of drug-likeness (QED) is 0.796. The lowest BCUT2D eigenvalue weighted by atomic mass is 9.97. The topological polar surface area (TPSA) is 76.8 Å². The summed E-state index contributed by atoms with van der Waals surface area (Å²) in [6.45, 7) is 3.66. The number of hydrogen-bond acceptors (Lipinski definition) is 4. The molecule has 1 saturated heterocycles. The van der Waals surface area contributed by atoms with Crippen molar-refractivity contribution in [1.29, 1.82) is 0 Å². The van der Waals surface area contributed by atoms with Crippen molar-refractivity contribution in [2.45, 2.75) is 31.8 Å². The molecule has 0 aliphatic carbocycles. The Morgan fingerprint density at radius 1 is 1.38 bits per heavy atom. The number of hydrogen-bond donors (Lipinski definition) is 2. The Kier molecular flexibility index (Phi) is 8.81. The van der Waals surface area contributed by atoms with Crippen LogP contribution in [0.1, 0.15) is 24.5 Å². The molecule has 0 bridgehead atoms. The van der Waals surface area contributed by atoms with Gasteiger partial charge in [0.2, 0.25) is 5.91 Å². The maximum atomic E-state index is 11.9. The molecule has 2 N–H and O–H groups in total. The Morgan fingerprint density at radius 2 is 2.25 bits per heavy atom. The third-order valence-corrected chi connectivity index (χ3v) is 3.93. The average Bonchev–Trinajstić information content (AvgIpc) is 3.20. The number of carbonyl (C=O) groups excluding carboxylic acids is 1. The van der Waals surface area contributed by atoms with Crippen molar-refractivity contribution in [3.63, 3.8) is 0 Å². The van der Waals surface area contributed by atoms with Crippen LogP contribution in [0.15, 0.2) is 31.0 Å². The molecular formula is C15H24Cl2N6O. The molecule has 1 unspecified atom stereocenters. The lowest BCUT2D eigenvalue weighted by Crippen LogP contribution is -2.31. The predicted octanol–water partition coefficient (Wildman–Crippen LogP) is 1.21. The zero-order valence-corrected chi connectivity index (χ0v) is 15.1. The Hall–Kier alpha value is -1.57. The van der Waals surface area contributed by atoms with E-state index in [0.29, 0.717) is 12.5 Å². The molecular weight excluding hydrogens is 351 g/mol. The SMILES string of the molecule is Cl.Cl.O=C(Cn1ccc(C2CCCNC2)n1)NCCn1ccnc1. The minimum Gasteiger partial charge on any atom is -0.353 e. The van der Waals surface area contributed by atoms with Crippen molar-refractivity contribution in [2.75, 3.05) is 19.6 Å². The summed E-state index contributed by atoms with van der Waals surface area (Å²) < 4.78 is 3.65. The summed E-state index contributed by atoms with van der Waals surface area (Å²) >= 11 is 0. The highest BCUT2D eigenvalue weighted by Crippen LogP contribution is 2.21. The minimum absolute atomic E-state index is 0. The first kappa shape index (κ1) is 20.5. The van der Waals surface area contributed by atoms with Crippen LogP contribution < -0.4 is 10.6 Å². The molecule has 1 aliphatic rings. The van der Waals surface area contributed by atoms with Crippen molar-refractivity contribution in [3.05, 3.63) is 36.7 Å². The van der Waals surface area contributed by atoms with Crippen LogP contribution in [0.4, 0.5) is 0 Å². The van der Waals surface area contributed by atoms with Crippen LogP contribution >= 0.6 is 24.8 Å². The Balaban J connectivity index is 0.00000144. The average molecular weight is 375 g/mol. The van der Waals surface area contributed by atoms with E-state index in [1.165, 1.54) is 12.8 Å². The van der Waals surface area contributed by atoms with Gasteiger partial charge in [-0.25, -0.2) is 4.98 Å². The van der Waals surface area contributed by atoms with Gasteiger partial charge in [-0.15, -0.1) is 24.8 Å². The van der Waals surface area contributed by atoms with Crippen LogP contribution in [0.25, 0.3) is 0 Å². The van der Waals surface area contributed by atoms with Crippen LogP contribution in [0.5, 0.6) is 0 Å². The third-order valence-electron chi connectivity index (χ3n) is 3.93. The van der Waals surface area contributed by atoms with Gasteiger partial charge < -0.3 is 15.2 Å². The highest BCUT2D eigenvalue weighted by Gasteiger charge is 2.17. The molecule has 0 spiro atoms. The molecule has 3 rings (SSSR count). The number of aromatic nitrogens is 4. The Bertz CT molecular complexity index is 595. The normalized spacial score (nSPS) is 16.8. The molecule has 3 heterocycles. The van der Waals surface area contributed by atoms with Crippen molar-refractivity contribution >= 4 is 30.7 Å². The van der Waals surface area contributed by atoms with Gasteiger partial charge in [0.15, 0.2) is 0 Å². The van der Waals surface area contributed by atoms with E-state index in [0.717, 1.165) is 25.3 Å². The second kappa shape index (κ2) is 10.3. The number of carbonyl (C=O) groups is 1. The summed E-state index contributed by atoms with van der Waals surface area (Å²) in [6, 6.07) is 2.02. The smallest absolute Gasteiger partial charge is 0.241 e. The number of piperidine rings is 1. The van der Waals surface area contributed by atoms with E-state index in [1.54, 1.807) is 17.2 Å². The highest BCUT2D eigenvalue weighted by molar-refractivity contribution is 5.85. The highest BCUT2D eigenvalue weighted by atomic mass is 35.5. The van der Waals surface area contributed by atoms with Crippen LogP contribution in [0.3, 0.4) is 0 Å². The van der Waals surface area contributed by atoms with Crippen molar-refractivity contribution in [3.8, 4) is 0 Å². The van der Waals surface area contributed by atoms with Gasteiger partial charge in [-0.1, -0.05) is 0 Å². The van der Waals surface area contributed by atoms with Crippen molar-refractivity contribution in [2.24, 2.45) is 0 Å². The number of halogens is 2. The zero-order valence-electron chi connectivity index (χ0n) is 13.4. The molecule has 2 aromatic rings. The zero-order chi connectivity index (χ0) is 15.2. The molecule has 2 aromatic heterocycles. The lowest BCUT2D eigenvalue weighted by Gasteiger charge is -2.20. The molecule has 1 fully saturated rings. The molecule has 1 amide bonds. The largest absolute Gasteiger partial charge is 0.353 e. The number of nitrogens with zero attached hydrogens (tertiary/aromatic N) is 4. The van der Waals surface area contributed by atoms with Crippen LogP contribution in [0, 0.1) is 0 Å². The van der Waals surface area contributed by atoms with Crippen molar-refractivity contribution in [1.82, 2.24) is 30.0 Å². The van der Waals surface area contributed by atoms with E-state index in [2.05, 4.69) is 20.7 Å². The second-order valence-electron chi connectivity index (χ2n) is 5.63. The van der Waals surface area contributed by atoms with Gasteiger partial charge in [-0.3, -0.25) is 9.48 Å². The molecule has 1 atom stereocenters. The maximum Gasteiger partial charge on any atom is 0.241 e. The number of amides is 1. The summed E-state index contributed by atoms with van der Waals surface area (Å²) in [5, 5.41) is 10.8. The first-order valence-corrected chi connectivity index (χ1v) is 7.78. The fourth-order valence-electron chi connectivity index (χ4n) is 2.73. The molecule has 1 aliphatic heterocycles. The molecule has 24 heavy (non-hydrogen) atoms. The molecule has 7 nitrogen and oxygen atoms in total. The van der Waals surface area contributed by atoms with Gasteiger partial charge in [-0.2, -0.15) is 5.10 Å². The summed E-state index contributed by atoms with van der Waals surface area (Å²) in [4.78, 5) is 15.9. The van der Waals surface area contributed by atoms with E-state index < -0.39 is 0 Å². The lowest BCUT2D eigenvalue weighted by molar-refractivity contribution is -0.121. The minimum atomic E-state index is -0.0171. The van der Waals surface area contributed by atoms with E-state index in [4.69, 9.17) is 0 Å². The second-order valence-corrected chi connectivity index (χ2v) is 5.63. The van der Waals surface area contributed by atoms with Gasteiger partial charge in [0, 0.05) is 44.1 Å². The third kappa shape index (κ3) is 5.81. The first-order chi connectivity index (χ1) is 10.8. The standard InChI is InChI=1S/C15H22N6O.2ClH/c22-15(18-6-9-20-8-5-17-12-20)11-21-7-3-14(19-21)13-2-1-4-16-10-13;;/h3,5,7-8,12-13,16H,1-2,4,6,9-11H2,(H,18,22);2*1H. The molecule has 9 heteroatoms. The molecule has 0 aromatic carbocycles. The van der Waals surface area contributed by atoms with Gasteiger partial charge in [0.25, 0.3) is 0 Å². The van der Waals surface area contributed by atoms with E-state index >= 15 is 0 Å². The first-order valence-electron chi connectivity index (χ1n) is 7.78. The van der Waals surface area contributed by atoms with Crippen LogP contribution in [-0.4, -0.2) is 44.9 Å². The van der Waals surface area contributed by atoms with E-state index in [-0.39, 0.29) is 37.3 Å². The Morgan fingerprint density at radius 3 is 2.96 bits per heavy atom. The van der Waals surface area contributed by atoms with Gasteiger partial charge in [0.05, 0.1) is 12.0 Å². The number of nitrogens with one attached hydrogen (secondary N) is 2. The number of rotatable bonds is 6. The predicted molar refractivity (Wildman–Crippen MR) is 96.8 cm³/mol. The maximum absolute atomic E-state index is 11.9. The summed E-state index contributed by atoms with van der Waals surface area (Å²) in [6.07, 6.45) is 9.59.